The highest BCUT2D eigenvalue weighted by molar-refractivity contribution is 7.28. The van der Waals surface area contributed by atoms with Crippen molar-refractivity contribution in [2.75, 3.05) is 5.32 Å². The molecule has 4 rings (SSSR count). The van der Waals surface area contributed by atoms with Crippen LogP contribution in [0.2, 0.25) is 0 Å². The van der Waals surface area contributed by atoms with Crippen LogP contribution in [0.1, 0.15) is 24.5 Å². The van der Waals surface area contributed by atoms with Crippen molar-refractivity contribution >= 4 is 25.9 Å². The lowest BCUT2D eigenvalue weighted by molar-refractivity contribution is 0.923. The van der Waals surface area contributed by atoms with Gasteiger partial charge in [-0.3, -0.25) is 0 Å². The predicted octanol–water partition coefficient (Wildman–Crippen LogP) is 7.53. The zero-order chi connectivity index (χ0) is 20.9. The second kappa shape index (κ2) is 9.28. The molecule has 30 heavy (non-hydrogen) atoms. The third-order valence-corrected chi connectivity index (χ3v) is 5.85. The van der Waals surface area contributed by atoms with Crippen LogP contribution < -0.4 is 10.6 Å². The van der Waals surface area contributed by atoms with Crippen LogP contribution in [0.5, 0.6) is 0 Å². The molecule has 0 saturated heterocycles. The number of para-hydroxylation sites is 1. The predicted molar refractivity (Wildman–Crippen MR) is 135 cm³/mol. The van der Waals surface area contributed by atoms with Crippen molar-refractivity contribution in [1.82, 2.24) is 0 Å². The summed E-state index contributed by atoms with van der Waals surface area (Å²) in [6, 6.07) is 32.4. The van der Waals surface area contributed by atoms with E-state index in [1.807, 2.05) is 0 Å². The van der Waals surface area contributed by atoms with Gasteiger partial charge in [-0.25, -0.2) is 0 Å². The molecule has 1 atom stereocenters. The molecule has 0 aliphatic carbocycles. The van der Waals surface area contributed by atoms with Gasteiger partial charge in [0.1, 0.15) is 0 Å². The van der Waals surface area contributed by atoms with E-state index in [0.717, 1.165) is 18.5 Å². The van der Waals surface area contributed by atoms with Gasteiger partial charge in [0.05, 0.1) is 5.69 Å². The van der Waals surface area contributed by atoms with Crippen LogP contribution in [-0.2, 0) is 6.42 Å². The van der Waals surface area contributed by atoms with Gasteiger partial charge in [0, 0.05) is 16.8 Å². The number of hydrogen-bond donors (Lipinski definition) is 1. The van der Waals surface area contributed by atoms with E-state index in [1.54, 1.807) is 0 Å². The zero-order valence-corrected chi connectivity index (χ0v) is 18.8. The Morgan fingerprint density at radius 1 is 0.700 bits per heavy atom. The topological polar surface area (TPSA) is 12.0 Å². The molecule has 0 radical (unpaired) electrons. The molecule has 0 heterocycles. The van der Waals surface area contributed by atoms with Gasteiger partial charge in [0.25, 0.3) is 0 Å². The molecule has 2 heteroatoms. The molecule has 0 aliphatic heterocycles. The molecular formula is C28H28NP. The van der Waals surface area contributed by atoms with Crippen LogP contribution in [0.4, 0.5) is 11.4 Å². The molecule has 0 fully saturated rings. The fourth-order valence-corrected chi connectivity index (χ4v) is 4.56. The molecule has 4 aromatic carbocycles. The van der Waals surface area contributed by atoms with E-state index in [0.29, 0.717) is 0 Å². The van der Waals surface area contributed by atoms with E-state index in [2.05, 4.69) is 119 Å². The standard InChI is InChI=1S/C28H28NP/c1-3-11-23-18-20(2)19-26(30)27(23)29-28-24(21-12-6-4-7-13-21)16-10-17-25(28)22-14-8-5-9-15-22/h4-10,12-19,29H,3,11,30H2,1-2H3. The highest BCUT2D eigenvalue weighted by Gasteiger charge is 2.15. The lowest BCUT2D eigenvalue weighted by Crippen LogP contribution is -2.09. The first-order chi connectivity index (χ1) is 14.7. The Kier molecular flexibility index (Phi) is 6.31. The average molecular weight is 410 g/mol. The van der Waals surface area contributed by atoms with E-state index in [9.17, 15) is 0 Å². The number of anilines is 2. The Morgan fingerprint density at radius 3 is 1.80 bits per heavy atom. The SMILES string of the molecule is CCCc1cc(C)cc(P)c1Nc1c(-c2ccccc2)cccc1-c1ccccc1. The maximum Gasteiger partial charge on any atom is 0.0543 e. The highest BCUT2D eigenvalue weighted by Crippen LogP contribution is 2.39. The van der Waals surface area contributed by atoms with Crippen LogP contribution in [0.25, 0.3) is 22.3 Å². The molecule has 0 aliphatic rings. The second-order valence-corrected chi connectivity index (χ2v) is 8.35. The van der Waals surface area contributed by atoms with Gasteiger partial charge in [0.2, 0.25) is 0 Å². The fourth-order valence-electron chi connectivity index (χ4n) is 4.04. The van der Waals surface area contributed by atoms with Crippen molar-refractivity contribution in [3.8, 4) is 22.3 Å². The van der Waals surface area contributed by atoms with Crippen LogP contribution in [0.3, 0.4) is 0 Å². The molecule has 150 valence electrons. The van der Waals surface area contributed by atoms with Crippen molar-refractivity contribution in [3.63, 3.8) is 0 Å². The smallest absolute Gasteiger partial charge is 0.0543 e. The minimum absolute atomic E-state index is 1.06. The van der Waals surface area contributed by atoms with E-state index in [-0.39, 0.29) is 0 Å². The molecule has 0 saturated carbocycles. The quantitative estimate of drug-likeness (QED) is 0.325. The molecule has 1 unspecified atom stereocenters. The van der Waals surface area contributed by atoms with Crippen molar-refractivity contribution in [3.05, 3.63) is 102 Å². The Morgan fingerprint density at radius 2 is 1.27 bits per heavy atom. The number of rotatable bonds is 6. The molecule has 0 spiro atoms. The van der Waals surface area contributed by atoms with Gasteiger partial charge in [-0.2, -0.15) is 0 Å². The zero-order valence-electron chi connectivity index (χ0n) is 17.7. The molecule has 0 bridgehead atoms. The van der Waals surface area contributed by atoms with Crippen LogP contribution >= 0.6 is 9.24 Å². The summed E-state index contributed by atoms with van der Waals surface area (Å²) in [6.45, 7) is 4.41. The van der Waals surface area contributed by atoms with E-state index >= 15 is 0 Å². The van der Waals surface area contributed by atoms with Crippen LogP contribution in [0, 0.1) is 6.92 Å². The summed E-state index contributed by atoms with van der Waals surface area (Å²) >= 11 is 0. The Hall–Kier alpha value is -2.89. The Balaban J connectivity index is 1.93. The van der Waals surface area contributed by atoms with Crippen molar-refractivity contribution < 1.29 is 0 Å². The molecule has 0 aromatic heterocycles. The van der Waals surface area contributed by atoms with Crippen LogP contribution in [-0.4, -0.2) is 0 Å². The largest absolute Gasteiger partial charge is 0.354 e. The van der Waals surface area contributed by atoms with Gasteiger partial charge in [-0.15, -0.1) is 9.24 Å². The fraction of sp³-hybridized carbons (Fsp3) is 0.143. The second-order valence-electron chi connectivity index (χ2n) is 7.72. The monoisotopic (exact) mass is 409 g/mol. The van der Waals surface area contributed by atoms with Gasteiger partial charge in [-0.05, 0) is 35.3 Å². The van der Waals surface area contributed by atoms with Gasteiger partial charge in [-0.1, -0.05) is 110 Å². The first-order valence-corrected chi connectivity index (χ1v) is 11.1. The summed E-state index contributed by atoms with van der Waals surface area (Å²) in [6.07, 6.45) is 2.17. The molecule has 1 N–H and O–H groups in total. The van der Waals surface area contributed by atoms with E-state index < -0.39 is 0 Å². The maximum absolute atomic E-state index is 3.87. The van der Waals surface area contributed by atoms with Gasteiger partial charge >= 0.3 is 0 Å². The van der Waals surface area contributed by atoms with Gasteiger partial charge in [0.15, 0.2) is 0 Å². The summed E-state index contributed by atoms with van der Waals surface area (Å²) in [5.41, 5.74) is 9.87. The Labute approximate surface area is 182 Å². The average Bonchev–Trinajstić information content (AvgIpc) is 2.77. The third-order valence-electron chi connectivity index (χ3n) is 5.40. The van der Waals surface area contributed by atoms with Crippen LogP contribution in [0.15, 0.2) is 91.0 Å². The summed E-state index contributed by atoms with van der Waals surface area (Å²) in [4.78, 5) is 0. The minimum Gasteiger partial charge on any atom is -0.354 e. The number of aryl methyl sites for hydroxylation is 2. The normalized spacial score (nSPS) is 10.8. The number of nitrogens with one attached hydrogen (secondary N) is 1. The van der Waals surface area contributed by atoms with E-state index in [4.69, 9.17) is 0 Å². The van der Waals surface area contributed by atoms with Crippen molar-refractivity contribution in [2.45, 2.75) is 26.7 Å². The lowest BCUT2D eigenvalue weighted by Gasteiger charge is -2.21. The molecule has 4 aromatic rings. The summed E-state index contributed by atoms with van der Waals surface area (Å²) < 4.78 is 0. The summed E-state index contributed by atoms with van der Waals surface area (Å²) in [7, 11) is 2.93. The molecular weight excluding hydrogens is 381 g/mol. The highest BCUT2D eigenvalue weighted by atomic mass is 31.0. The van der Waals surface area contributed by atoms with Crippen molar-refractivity contribution in [2.24, 2.45) is 0 Å². The minimum atomic E-state index is 1.06. The number of benzene rings is 4. The number of hydrogen-bond acceptors (Lipinski definition) is 1. The van der Waals surface area contributed by atoms with E-state index in [1.165, 1.54) is 44.4 Å². The van der Waals surface area contributed by atoms with Crippen molar-refractivity contribution in [1.29, 1.82) is 0 Å². The molecule has 0 amide bonds. The summed E-state index contributed by atoms with van der Waals surface area (Å²) in [5, 5.41) is 5.07. The van der Waals surface area contributed by atoms with Gasteiger partial charge < -0.3 is 5.32 Å². The third kappa shape index (κ3) is 4.32. The first kappa shape index (κ1) is 20.4. The maximum atomic E-state index is 3.87. The Bertz CT molecular complexity index is 1080. The summed E-state index contributed by atoms with van der Waals surface area (Å²) in [5.74, 6) is 0. The molecule has 1 nitrogen and oxygen atoms in total. The lowest BCUT2D eigenvalue weighted by atomic mass is 9.95. The first-order valence-electron chi connectivity index (χ1n) is 10.6.